The fourth-order valence-electron chi connectivity index (χ4n) is 0.607. The lowest BCUT2D eigenvalue weighted by Gasteiger charge is -2.10. The molecule has 0 aromatic rings. The van der Waals surface area contributed by atoms with E-state index in [9.17, 15) is 0 Å². The quantitative estimate of drug-likeness (QED) is 0.496. The Bertz CT molecular complexity index is 59.4. The zero-order chi connectivity index (χ0) is 6.41. The lowest BCUT2D eigenvalue weighted by atomic mass is 10.4. The second-order valence-electron chi connectivity index (χ2n) is 1.92. The van der Waals surface area contributed by atoms with Crippen LogP contribution >= 0.6 is 0 Å². The van der Waals surface area contributed by atoms with Crippen LogP contribution in [0.5, 0.6) is 0 Å². The van der Waals surface area contributed by atoms with Crippen LogP contribution in [0.2, 0.25) is 0 Å². The summed E-state index contributed by atoms with van der Waals surface area (Å²) in [4.78, 5) is 2.19. The molecule has 0 atom stereocenters. The lowest BCUT2D eigenvalue weighted by Crippen LogP contribution is -2.18. The fourth-order valence-corrected chi connectivity index (χ4v) is 0.607. The van der Waals surface area contributed by atoms with Crippen LogP contribution in [0.1, 0.15) is 6.92 Å². The average Bonchev–Trinajstić information content (AvgIpc) is 1.68. The van der Waals surface area contributed by atoms with Gasteiger partial charge in [0.1, 0.15) is 0 Å². The molecule has 0 N–H and O–H groups in total. The first-order valence-corrected chi connectivity index (χ1v) is 2.88. The molecule has 0 amide bonds. The van der Waals surface area contributed by atoms with E-state index < -0.39 is 0 Å². The van der Waals surface area contributed by atoms with Crippen molar-refractivity contribution >= 4 is 0 Å². The van der Waals surface area contributed by atoms with Gasteiger partial charge in [0.15, 0.2) is 0 Å². The van der Waals surface area contributed by atoms with Gasteiger partial charge in [-0.2, -0.15) is 0 Å². The van der Waals surface area contributed by atoms with E-state index in [0.717, 1.165) is 13.1 Å². The molecule has 0 heterocycles. The van der Waals surface area contributed by atoms with Gasteiger partial charge >= 0.3 is 0 Å². The third kappa shape index (κ3) is 3.88. The topological polar surface area (TPSA) is 3.24 Å². The summed E-state index contributed by atoms with van der Waals surface area (Å²) < 4.78 is 0. The van der Waals surface area contributed by atoms with Crippen molar-refractivity contribution in [3.8, 4) is 0 Å². The molecule has 1 heteroatoms. The van der Waals surface area contributed by atoms with Crippen LogP contribution < -0.4 is 0 Å². The van der Waals surface area contributed by atoms with Crippen LogP contribution in [0.15, 0.2) is 12.7 Å². The summed E-state index contributed by atoms with van der Waals surface area (Å²) in [6, 6.07) is 0. The molecule has 47 valence electrons. The number of hydrogen-bond acceptors (Lipinski definition) is 1. The number of nitrogens with zero attached hydrogens (tertiary/aromatic N) is 1. The van der Waals surface area contributed by atoms with Crippen molar-refractivity contribution < 1.29 is 0 Å². The molecule has 0 unspecified atom stereocenters. The zero-order valence-corrected chi connectivity index (χ0v) is 5.72. The minimum absolute atomic E-state index is 0.977. The molecular formula is C7H14N. The lowest BCUT2D eigenvalue weighted by molar-refractivity contribution is 0.401. The monoisotopic (exact) mass is 112 g/mol. The first kappa shape index (κ1) is 7.70. The van der Waals surface area contributed by atoms with E-state index >= 15 is 0 Å². The van der Waals surface area contributed by atoms with E-state index in [1.54, 1.807) is 0 Å². The molecule has 0 saturated heterocycles. The van der Waals surface area contributed by atoms with E-state index in [2.05, 4.69) is 31.9 Å². The highest BCUT2D eigenvalue weighted by atomic mass is 15.1. The minimum Gasteiger partial charge on any atom is -0.302 e. The van der Waals surface area contributed by atoms with Gasteiger partial charge in [0.25, 0.3) is 0 Å². The van der Waals surface area contributed by atoms with Crippen LogP contribution in [-0.2, 0) is 0 Å². The minimum atomic E-state index is 0.977. The Balaban J connectivity index is 3.03. The molecule has 0 saturated carbocycles. The molecule has 0 aliphatic heterocycles. The number of hydrogen-bond donors (Lipinski definition) is 0. The predicted octanol–water partition coefficient (Wildman–Crippen LogP) is 1.33. The van der Waals surface area contributed by atoms with Crippen molar-refractivity contribution in [1.29, 1.82) is 0 Å². The van der Waals surface area contributed by atoms with Crippen LogP contribution in [0.4, 0.5) is 0 Å². The van der Waals surface area contributed by atoms with Gasteiger partial charge in [0.05, 0.1) is 0 Å². The van der Waals surface area contributed by atoms with E-state index in [1.807, 2.05) is 6.08 Å². The fraction of sp³-hybridized carbons (Fsp3) is 0.571. The second kappa shape index (κ2) is 4.85. The predicted molar refractivity (Wildman–Crippen MR) is 37.7 cm³/mol. The van der Waals surface area contributed by atoms with Crippen LogP contribution in [0.3, 0.4) is 0 Å². The molecule has 0 aliphatic rings. The van der Waals surface area contributed by atoms with Gasteiger partial charge in [-0.15, -0.1) is 6.58 Å². The Morgan fingerprint density at radius 2 is 2.12 bits per heavy atom. The molecule has 0 fully saturated rings. The van der Waals surface area contributed by atoms with E-state index in [0.29, 0.717) is 0 Å². The smallest absolute Gasteiger partial charge is 0.0157 e. The highest BCUT2D eigenvalue weighted by Crippen LogP contribution is 1.82. The van der Waals surface area contributed by atoms with Gasteiger partial charge in [-0.05, 0) is 13.5 Å². The molecule has 1 nitrogen and oxygen atoms in total. The SMILES string of the molecule is C=CCN(C)C[CH]C. The highest BCUT2D eigenvalue weighted by Gasteiger charge is 1.88. The van der Waals surface area contributed by atoms with Crippen molar-refractivity contribution in [2.45, 2.75) is 6.92 Å². The van der Waals surface area contributed by atoms with Crippen LogP contribution in [0.25, 0.3) is 0 Å². The van der Waals surface area contributed by atoms with Gasteiger partial charge in [-0.1, -0.05) is 13.0 Å². The maximum absolute atomic E-state index is 3.63. The summed E-state index contributed by atoms with van der Waals surface area (Å²) in [5, 5.41) is 0. The standard InChI is InChI=1S/C7H14N/c1-4-6-8(3)7-5-2/h4-5H,1,6-7H2,2-3H3. The van der Waals surface area contributed by atoms with Gasteiger partial charge in [0.2, 0.25) is 0 Å². The maximum atomic E-state index is 3.63. The molecule has 8 heavy (non-hydrogen) atoms. The average molecular weight is 112 g/mol. The van der Waals surface area contributed by atoms with Gasteiger partial charge in [-0.25, -0.2) is 0 Å². The molecule has 0 spiro atoms. The number of likely N-dealkylation sites (N-methyl/N-ethyl adjacent to an activating group) is 1. The maximum Gasteiger partial charge on any atom is 0.0157 e. The molecule has 0 rings (SSSR count). The van der Waals surface area contributed by atoms with E-state index in [4.69, 9.17) is 0 Å². The summed E-state index contributed by atoms with van der Waals surface area (Å²) in [5.41, 5.74) is 0. The molecule has 0 aromatic heterocycles. The summed E-state index contributed by atoms with van der Waals surface area (Å²) in [6.07, 6.45) is 4.03. The van der Waals surface area contributed by atoms with Crippen molar-refractivity contribution in [2.24, 2.45) is 0 Å². The summed E-state index contributed by atoms with van der Waals surface area (Å²) >= 11 is 0. The Morgan fingerprint density at radius 3 is 2.50 bits per heavy atom. The number of rotatable bonds is 4. The van der Waals surface area contributed by atoms with Gasteiger partial charge in [0, 0.05) is 13.1 Å². The molecule has 0 aliphatic carbocycles. The Hall–Kier alpha value is -0.300. The van der Waals surface area contributed by atoms with Crippen molar-refractivity contribution in [2.75, 3.05) is 20.1 Å². The largest absolute Gasteiger partial charge is 0.302 e. The normalized spacial score (nSPS) is 9.88. The van der Waals surface area contributed by atoms with Crippen LogP contribution in [-0.4, -0.2) is 25.0 Å². The molecule has 0 bridgehead atoms. The first-order valence-electron chi connectivity index (χ1n) is 2.88. The third-order valence-corrected chi connectivity index (χ3v) is 0.935. The highest BCUT2D eigenvalue weighted by molar-refractivity contribution is 4.73. The zero-order valence-electron chi connectivity index (χ0n) is 5.72. The summed E-state index contributed by atoms with van der Waals surface area (Å²) in [6.45, 7) is 7.71. The molecular weight excluding hydrogens is 98.1 g/mol. The van der Waals surface area contributed by atoms with E-state index in [-0.39, 0.29) is 0 Å². The molecule has 0 aromatic carbocycles. The van der Waals surface area contributed by atoms with Crippen molar-refractivity contribution in [3.05, 3.63) is 19.1 Å². The Morgan fingerprint density at radius 1 is 1.50 bits per heavy atom. The van der Waals surface area contributed by atoms with Crippen LogP contribution in [0, 0.1) is 6.42 Å². The van der Waals surface area contributed by atoms with Crippen molar-refractivity contribution in [3.63, 3.8) is 0 Å². The summed E-state index contributed by atoms with van der Waals surface area (Å²) in [5.74, 6) is 0. The Labute approximate surface area is 52.0 Å². The van der Waals surface area contributed by atoms with E-state index in [1.165, 1.54) is 0 Å². The Kier molecular flexibility index (Phi) is 4.67. The second-order valence-corrected chi connectivity index (χ2v) is 1.92. The van der Waals surface area contributed by atoms with Crippen molar-refractivity contribution in [1.82, 2.24) is 4.90 Å². The third-order valence-electron chi connectivity index (χ3n) is 0.935. The first-order chi connectivity index (χ1) is 3.81. The summed E-state index contributed by atoms with van der Waals surface area (Å²) in [7, 11) is 2.07. The van der Waals surface area contributed by atoms with Gasteiger partial charge < -0.3 is 4.90 Å². The molecule has 1 radical (unpaired) electrons. The van der Waals surface area contributed by atoms with Gasteiger partial charge in [-0.3, -0.25) is 0 Å².